The maximum atomic E-state index is 12.6. The number of piperidine rings is 1. The molecule has 4 rings (SSSR count). The molecule has 8 nitrogen and oxygen atoms in total. The van der Waals surface area contributed by atoms with E-state index in [1.807, 2.05) is 4.90 Å². The van der Waals surface area contributed by atoms with E-state index in [1.165, 1.54) is 28.6 Å². The van der Waals surface area contributed by atoms with Gasteiger partial charge in [0.05, 0.1) is 10.8 Å². The van der Waals surface area contributed by atoms with E-state index in [0.717, 1.165) is 25.7 Å². The second-order valence-electron chi connectivity index (χ2n) is 8.54. The molecule has 2 heterocycles. The van der Waals surface area contributed by atoms with Gasteiger partial charge in [-0.25, -0.2) is 8.42 Å². The lowest BCUT2D eigenvalue weighted by atomic mass is 9.96. The summed E-state index contributed by atoms with van der Waals surface area (Å²) >= 11 is 0. The Kier molecular flexibility index (Phi) is 6.43. The van der Waals surface area contributed by atoms with Gasteiger partial charge in [0.25, 0.3) is 0 Å². The number of benzene rings is 1. The lowest BCUT2D eigenvalue weighted by molar-refractivity contribution is -0.150. The number of hydrogen-bond acceptors (Lipinski definition) is 6. The van der Waals surface area contributed by atoms with Crippen molar-refractivity contribution in [2.75, 3.05) is 32.8 Å². The molecular formula is C22H28N2O6S. The first-order valence-electron chi connectivity index (χ1n) is 10.9. The molecule has 9 heteroatoms. The summed E-state index contributed by atoms with van der Waals surface area (Å²) < 4.78 is 31.8. The van der Waals surface area contributed by atoms with Gasteiger partial charge in [0.2, 0.25) is 15.9 Å². The second-order valence-corrected chi connectivity index (χ2v) is 10.5. The number of ether oxygens (including phenoxy) is 1. The number of nitrogens with zero attached hydrogens (tertiary/aromatic N) is 2. The SMILES string of the molecule is O=C(COC(=O)C1CCN(C(=O)C2CC2)CC1)c1ccc(S(=O)(=O)N2CCCC2)cc1. The summed E-state index contributed by atoms with van der Waals surface area (Å²) in [5.74, 6) is -0.723. The summed E-state index contributed by atoms with van der Waals surface area (Å²) in [6.45, 7) is 1.77. The fraction of sp³-hybridized carbons (Fsp3) is 0.591. The van der Waals surface area contributed by atoms with Gasteiger partial charge in [-0.05, 0) is 62.8 Å². The molecule has 1 amide bonds. The van der Waals surface area contributed by atoms with Gasteiger partial charge in [-0.1, -0.05) is 0 Å². The lowest BCUT2D eigenvalue weighted by Crippen LogP contribution is -2.41. The highest BCUT2D eigenvalue weighted by atomic mass is 32.2. The van der Waals surface area contributed by atoms with Crippen LogP contribution in [-0.2, 0) is 24.3 Å². The molecule has 0 atom stereocenters. The third-order valence-electron chi connectivity index (χ3n) is 6.29. The summed E-state index contributed by atoms with van der Waals surface area (Å²) in [6.07, 6.45) is 4.75. The van der Waals surface area contributed by atoms with Crippen molar-refractivity contribution in [2.24, 2.45) is 11.8 Å². The number of likely N-dealkylation sites (tertiary alicyclic amines) is 1. The monoisotopic (exact) mass is 448 g/mol. The molecule has 2 aliphatic heterocycles. The molecule has 0 aromatic heterocycles. The van der Waals surface area contributed by atoms with Crippen LogP contribution in [0.1, 0.15) is 48.9 Å². The Morgan fingerprint density at radius 3 is 2.06 bits per heavy atom. The largest absolute Gasteiger partial charge is 0.457 e. The first-order chi connectivity index (χ1) is 14.9. The number of rotatable bonds is 7. The van der Waals surface area contributed by atoms with Crippen LogP contribution < -0.4 is 0 Å². The van der Waals surface area contributed by atoms with Crippen molar-refractivity contribution in [3.05, 3.63) is 29.8 Å². The Bertz CT molecular complexity index is 941. The van der Waals surface area contributed by atoms with Gasteiger partial charge in [0, 0.05) is 37.7 Å². The summed E-state index contributed by atoms with van der Waals surface area (Å²) in [4.78, 5) is 38.8. The first kappa shape index (κ1) is 22.0. The molecule has 168 valence electrons. The van der Waals surface area contributed by atoms with Gasteiger partial charge in [-0.2, -0.15) is 4.31 Å². The summed E-state index contributed by atoms with van der Waals surface area (Å²) in [6, 6.07) is 5.77. The minimum Gasteiger partial charge on any atom is -0.457 e. The average molecular weight is 449 g/mol. The van der Waals surface area contributed by atoms with E-state index in [1.54, 1.807) is 0 Å². The molecule has 31 heavy (non-hydrogen) atoms. The lowest BCUT2D eigenvalue weighted by Gasteiger charge is -2.31. The van der Waals surface area contributed by atoms with E-state index < -0.39 is 16.0 Å². The molecule has 3 aliphatic rings. The van der Waals surface area contributed by atoms with Crippen LogP contribution in [0, 0.1) is 11.8 Å². The quantitative estimate of drug-likeness (QED) is 0.466. The number of Topliss-reactive ketones (excluding diaryl/α,β-unsaturated/α-hetero) is 1. The van der Waals surface area contributed by atoms with Gasteiger partial charge >= 0.3 is 5.97 Å². The van der Waals surface area contributed by atoms with Crippen LogP contribution in [0.2, 0.25) is 0 Å². The minimum atomic E-state index is -3.52. The molecule has 1 aromatic carbocycles. The molecule has 2 saturated heterocycles. The number of carbonyl (C=O) groups excluding carboxylic acids is 3. The van der Waals surface area contributed by atoms with Crippen molar-refractivity contribution < 1.29 is 27.5 Å². The van der Waals surface area contributed by atoms with Crippen molar-refractivity contribution in [1.82, 2.24) is 9.21 Å². The van der Waals surface area contributed by atoms with Gasteiger partial charge in [-0.15, -0.1) is 0 Å². The average Bonchev–Trinajstić information content (AvgIpc) is 3.49. The summed E-state index contributed by atoms with van der Waals surface area (Å²) in [5, 5.41) is 0. The summed E-state index contributed by atoms with van der Waals surface area (Å²) in [7, 11) is -3.52. The van der Waals surface area contributed by atoms with Crippen molar-refractivity contribution in [3.8, 4) is 0 Å². The number of sulfonamides is 1. The number of esters is 1. The highest BCUT2D eigenvalue weighted by Crippen LogP contribution is 2.32. The fourth-order valence-corrected chi connectivity index (χ4v) is 5.67. The van der Waals surface area contributed by atoms with Crippen LogP contribution in [-0.4, -0.2) is 68.1 Å². The standard InChI is InChI=1S/C22H28N2O6S/c25-20(16-5-7-19(8-6-16)31(28,29)24-11-1-2-12-24)15-30-22(27)18-9-13-23(14-10-18)21(26)17-3-4-17/h5-8,17-18H,1-4,9-15H2. The topological polar surface area (TPSA) is 101 Å². The maximum absolute atomic E-state index is 12.6. The molecule has 1 saturated carbocycles. The number of amides is 1. The third-order valence-corrected chi connectivity index (χ3v) is 8.20. The highest BCUT2D eigenvalue weighted by Gasteiger charge is 2.36. The highest BCUT2D eigenvalue weighted by molar-refractivity contribution is 7.89. The van der Waals surface area contributed by atoms with Gasteiger partial charge in [0.1, 0.15) is 0 Å². The van der Waals surface area contributed by atoms with Crippen LogP contribution in [0.25, 0.3) is 0 Å². The fourth-order valence-electron chi connectivity index (χ4n) is 4.15. The van der Waals surface area contributed by atoms with E-state index in [-0.39, 0.29) is 35.0 Å². The number of carbonyl (C=O) groups is 3. The molecular weight excluding hydrogens is 420 g/mol. The Labute approximate surface area is 182 Å². The Morgan fingerprint density at radius 2 is 1.48 bits per heavy atom. The van der Waals surface area contributed by atoms with Gasteiger partial charge < -0.3 is 9.64 Å². The van der Waals surface area contributed by atoms with Crippen LogP contribution in [0.5, 0.6) is 0 Å². The second kappa shape index (κ2) is 9.08. The maximum Gasteiger partial charge on any atom is 0.309 e. The van der Waals surface area contributed by atoms with Crippen molar-refractivity contribution in [3.63, 3.8) is 0 Å². The first-order valence-corrected chi connectivity index (χ1v) is 12.4. The predicted molar refractivity (Wildman–Crippen MR) is 112 cm³/mol. The van der Waals surface area contributed by atoms with Crippen molar-refractivity contribution in [1.29, 1.82) is 0 Å². The normalized spacial score (nSPS) is 20.6. The Balaban J connectivity index is 1.26. The molecule has 3 fully saturated rings. The molecule has 0 N–H and O–H groups in total. The third kappa shape index (κ3) is 4.98. The predicted octanol–water partition coefficient (Wildman–Crippen LogP) is 1.85. The van der Waals surface area contributed by atoms with E-state index >= 15 is 0 Å². The zero-order valence-electron chi connectivity index (χ0n) is 17.5. The molecule has 0 bridgehead atoms. The molecule has 1 aliphatic carbocycles. The molecule has 0 spiro atoms. The van der Waals surface area contributed by atoms with Crippen molar-refractivity contribution in [2.45, 2.75) is 43.4 Å². The molecule has 0 radical (unpaired) electrons. The zero-order chi connectivity index (χ0) is 22.0. The number of hydrogen-bond donors (Lipinski definition) is 0. The smallest absolute Gasteiger partial charge is 0.309 e. The summed E-state index contributed by atoms with van der Waals surface area (Å²) in [5.41, 5.74) is 0.304. The molecule has 0 unspecified atom stereocenters. The van der Waals surface area contributed by atoms with E-state index in [4.69, 9.17) is 4.74 Å². The van der Waals surface area contributed by atoms with Crippen LogP contribution in [0.15, 0.2) is 29.2 Å². The van der Waals surface area contributed by atoms with Crippen LogP contribution >= 0.6 is 0 Å². The number of ketones is 1. The Hall–Kier alpha value is -2.26. The van der Waals surface area contributed by atoms with Gasteiger partial charge in [-0.3, -0.25) is 14.4 Å². The van der Waals surface area contributed by atoms with Crippen LogP contribution in [0.3, 0.4) is 0 Å². The van der Waals surface area contributed by atoms with E-state index in [0.29, 0.717) is 44.6 Å². The van der Waals surface area contributed by atoms with Gasteiger partial charge in [0.15, 0.2) is 12.4 Å². The molecule has 1 aromatic rings. The van der Waals surface area contributed by atoms with E-state index in [2.05, 4.69) is 0 Å². The minimum absolute atomic E-state index is 0.162. The Morgan fingerprint density at radius 1 is 0.871 bits per heavy atom. The van der Waals surface area contributed by atoms with Crippen molar-refractivity contribution >= 4 is 27.7 Å². The van der Waals surface area contributed by atoms with Crippen LogP contribution in [0.4, 0.5) is 0 Å². The van der Waals surface area contributed by atoms with E-state index in [9.17, 15) is 22.8 Å². The zero-order valence-corrected chi connectivity index (χ0v) is 18.3.